The Kier molecular flexibility index (Phi) is 4.36. The molecule has 6 nitrogen and oxygen atoms in total. The van der Waals surface area contributed by atoms with Crippen molar-refractivity contribution in [1.29, 1.82) is 0 Å². The summed E-state index contributed by atoms with van der Waals surface area (Å²) in [5.41, 5.74) is 0.562. The molecule has 1 unspecified atom stereocenters. The van der Waals surface area contributed by atoms with Gasteiger partial charge in [-0.05, 0) is 30.7 Å². The number of aromatic nitrogens is 1. The lowest BCUT2D eigenvalue weighted by molar-refractivity contribution is 0.0691. The van der Waals surface area contributed by atoms with Crippen LogP contribution < -0.4 is 4.72 Å². The minimum absolute atomic E-state index is 0.124. The molecule has 1 aromatic carbocycles. The predicted octanol–water partition coefficient (Wildman–Crippen LogP) is 2.41. The zero-order valence-corrected chi connectivity index (χ0v) is 12.6. The lowest BCUT2D eigenvalue weighted by atomic mass is 10.1. The number of rotatable bonds is 5. The molecule has 0 saturated heterocycles. The SMILES string of the molecule is CC(NS(=O)(=O)c1c[nH]c(C(=O)O)c1)c1ccc(Cl)cc1. The molecule has 1 aromatic heterocycles. The molecule has 2 rings (SSSR count). The van der Waals surface area contributed by atoms with E-state index in [1.54, 1.807) is 31.2 Å². The molecule has 8 heteroatoms. The fourth-order valence-electron chi connectivity index (χ4n) is 1.77. The summed E-state index contributed by atoms with van der Waals surface area (Å²) in [7, 11) is -3.81. The third-order valence-corrected chi connectivity index (χ3v) is 4.67. The van der Waals surface area contributed by atoms with Gasteiger partial charge in [-0.2, -0.15) is 0 Å². The number of carbonyl (C=O) groups is 1. The molecule has 21 heavy (non-hydrogen) atoms. The van der Waals surface area contributed by atoms with Crippen molar-refractivity contribution in [2.45, 2.75) is 17.9 Å². The summed E-state index contributed by atoms with van der Waals surface area (Å²) in [6.45, 7) is 1.69. The Bertz CT molecular complexity index is 753. The minimum Gasteiger partial charge on any atom is -0.477 e. The van der Waals surface area contributed by atoms with Gasteiger partial charge in [0.05, 0.1) is 0 Å². The van der Waals surface area contributed by atoms with E-state index in [1.807, 2.05) is 0 Å². The normalized spacial score (nSPS) is 13.0. The molecule has 0 saturated carbocycles. The van der Waals surface area contributed by atoms with Gasteiger partial charge in [0.15, 0.2) is 0 Å². The van der Waals surface area contributed by atoms with Gasteiger partial charge in [0, 0.05) is 17.3 Å². The quantitative estimate of drug-likeness (QED) is 0.784. The van der Waals surface area contributed by atoms with Gasteiger partial charge in [-0.3, -0.25) is 0 Å². The maximum atomic E-state index is 12.2. The van der Waals surface area contributed by atoms with Crippen LogP contribution in [0.25, 0.3) is 0 Å². The largest absolute Gasteiger partial charge is 0.477 e. The Morgan fingerprint density at radius 2 is 1.95 bits per heavy atom. The number of halogens is 1. The molecule has 0 aliphatic heterocycles. The van der Waals surface area contributed by atoms with E-state index < -0.39 is 22.0 Å². The number of aromatic amines is 1. The number of sulfonamides is 1. The molecule has 0 radical (unpaired) electrons. The number of aromatic carboxylic acids is 1. The van der Waals surface area contributed by atoms with Crippen molar-refractivity contribution in [2.24, 2.45) is 0 Å². The van der Waals surface area contributed by atoms with Crippen molar-refractivity contribution in [1.82, 2.24) is 9.71 Å². The maximum absolute atomic E-state index is 12.2. The first-order chi connectivity index (χ1) is 9.79. The summed E-state index contributed by atoms with van der Waals surface area (Å²) in [5.74, 6) is -1.22. The van der Waals surface area contributed by atoms with Crippen molar-refractivity contribution >= 4 is 27.6 Å². The van der Waals surface area contributed by atoms with Crippen LogP contribution in [0.15, 0.2) is 41.4 Å². The molecule has 0 aliphatic carbocycles. The van der Waals surface area contributed by atoms with Crippen LogP contribution in [-0.4, -0.2) is 24.5 Å². The van der Waals surface area contributed by atoms with E-state index in [9.17, 15) is 13.2 Å². The van der Waals surface area contributed by atoms with Crippen molar-refractivity contribution < 1.29 is 18.3 Å². The highest BCUT2D eigenvalue weighted by Gasteiger charge is 2.21. The molecule has 112 valence electrons. The van der Waals surface area contributed by atoms with Gasteiger partial charge >= 0.3 is 5.97 Å². The van der Waals surface area contributed by atoms with Crippen molar-refractivity contribution in [3.63, 3.8) is 0 Å². The number of hydrogen-bond donors (Lipinski definition) is 3. The van der Waals surface area contributed by atoms with E-state index in [2.05, 4.69) is 9.71 Å². The van der Waals surface area contributed by atoms with E-state index >= 15 is 0 Å². The van der Waals surface area contributed by atoms with E-state index in [-0.39, 0.29) is 10.6 Å². The number of benzene rings is 1. The second kappa shape index (κ2) is 5.88. The van der Waals surface area contributed by atoms with Crippen LogP contribution in [0, 0.1) is 0 Å². The monoisotopic (exact) mass is 328 g/mol. The molecular formula is C13H13ClN2O4S. The highest BCUT2D eigenvalue weighted by molar-refractivity contribution is 7.89. The van der Waals surface area contributed by atoms with E-state index in [0.29, 0.717) is 5.02 Å². The lowest BCUT2D eigenvalue weighted by Gasteiger charge is -2.14. The molecule has 0 aliphatic rings. The average Bonchev–Trinajstić information content (AvgIpc) is 2.89. The molecule has 1 atom stereocenters. The first-order valence-electron chi connectivity index (χ1n) is 5.99. The Hall–Kier alpha value is -1.83. The number of carboxylic acids is 1. The summed E-state index contributed by atoms with van der Waals surface area (Å²) in [5, 5.41) is 9.35. The van der Waals surface area contributed by atoms with Gasteiger partial charge in [-0.1, -0.05) is 23.7 Å². The third kappa shape index (κ3) is 3.63. The fraction of sp³-hybridized carbons (Fsp3) is 0.154. The molecule has 0 fully saturated rings. The standard InChI is InChI=1S/C13H13ClN2O4S/c1-8(9-2-4-10(14)5-3-9)16-21(19,20)11-6-12(13(17)18)15-7-11/h2-8,15-16H,1H3,(H,17,18). The van der Waals surface area contributed by atoms with E-state index in [0.717, 1.165) is 17.8 Å². The van der Waals surface area contributed by atoms with Crippen molar-refractivity contribution in [3.05, 3.63) is 52.8 Å². The predicted molar refractivity (Wildman–Crippen MR) is 77.9 cm³/mol. The summed E-state index contributed by atoms with van der Waals surface area (Å²) in [4.78, 5) is 13.0. The lowest BCUT2D eigenvalue weighted by Crippen LogP contribution is -2.26. The summed E-state index contributed by atoms with van der Waals surface area (Å²) in [6.07, 6.45) is 1.14. The highest BCUT2D eigenvalue weighted by atomic mass is 35.5. The van der Waals surface area contributed by atoms with Crippen LogP contribution in [-0.2, 0) is 10.0 Å². The smallest absolute Gasteiger partial charge is 0.352 e. The van der Waals surface area contributed by atoms with Gasteiger partial charge in [0.1, 0.15) is 10.6 Å². The first kappa shape index (κ1) is 15.6. The Morgan fingerprint density at radius 3 is 2.48 bits per heavy atom. The number of carboxylic acid groups (broad SMARTS) is 1. The van der Waals surface area contributed by atoms with Crippen LogP contribution in [0.2, 0.25) is 5.02 Å². The summed E-state index contributed by atoms with van der Waals surface area (Å²) >= 11 is 5.78. The van der Waals surface area contributed by atoms with Crippen LogP contribution in [0.5, 0.6) is 0 Å². The van der Waals surface area contributed by atoms with Gasteiger partial charge < -0.3 is 10.1 Å². The number of H-pyrrole nitrogens is 1. The molecule has 0 bridgehead atoms. The fourth-order valence-corrected chi connectivity index (χ4v) is 3.12. The van der Waals surface area contributed by atoms with Crippen LogP contribution in [0.3, 0.4) is 0 Å². The van der Waals surface area contributed by atoms with Crippen LogP contribution in [0.4, 0.5) is 0 Å². The zero-order valence-electron chi connectivity index (χ0n) is 11.0. The average molecular weight is 329 g/mol. The molecular weight excluding hydrogens is 316 g/mol. The second-order valence-corrected chi connectivity index (χ2v) is 6.60. The van der Waals surface area contributed by atoms with Crippen LogP contribution in [0.1, 0.15) is 29.0 Å². The topological polar surface area (TPSA) is 99.3 Å². The first-order valence-corrected chi connectivity index (χ1v) is 7.85. The van der Waals surface area contributed by atoms with E-state index in [4.69, 9.17) is 16.7 Å². The molecule has 3 N–H and O–H groups in total. The van der Waals surface area contributed by atoms with Gasteiger partial charge in [0.2, 0.25) is 10.0 Å². The Morgan fingerprint density at radius 1 is 1.33 bits per heavy atom. The maximum Gasteiger partial charge on any atom is 0.352 e. The molecule has 2 aromatic rings. The Labute approximate surface area is 126 Å². The van der Waals surface area contributed by atoms with Gasteiger partial charge in [-0.25, -0.2) is 17.9 Å². The van der Waals surface area contributed by atoms with Crippen LogP contribution >= 0.6 is 11.6 Å². The Balaban J connectivity index is 2.20. The molecule has 0 spiro atoms. The van der Waals surface area contributed by atoms with Gasteiger partial charge in [0.25, 0.3) is 0 Å². The minimum atomic E-state index is -3.81. The summed E-state index contributed by atoms with van der Waals surface area (Å²) in [6, 6.07) is 7.36. The van der Waals surface area contributed by atoms with Crippen molar-refractivity contribution in [2.75, 3.05) is 0 Å². The third-order valence-electron chi connectivity index (χ3n) is 2.90. The number of nitrogens with one attached hydrogen (secondary N) is 2. The van der Waals surface area contributed by atoms with Crippen molar-refractivity contribution in [3.8, 4) is 0 Å². The van der Waals surface area contributed by atoms with Gasteiger partial charge in [-0.15, -0.1) is 0 Å². The highest BCUT2D eigenvalue weighted by Crippen LogP contribution is 2.19. The molecule has 0 amide bonds. The number of hydrogen-bond acceptors (Lipinski definition) is 3. The summed E-state index contributed by atoms with van der Waals surface area (Å²) < 4.78 is 26.8. The zero-order chi connectivity index (χ0) is 15.6. The second-order valence-electron chi connectivity index (χ2n) is 4.45. The molecule has 1 heterocycles. The van der Waals surface area contributed by atoms with E-state index in [1.165, 1.54) is 0 Å².